The zero-order valence-electron chi connectivity index (χ0n) is 18.2. The first-order chi connectivity index (χ1) is 14.9. The van der Waals surface area contributed by atoms with Gasteiger partial charge in [-0.2, -0.15) is 5.10 Å². The monoisotopic (exact) mass is 418 g/mol. The number of anilines is 1. The van der Waals surface area contributed by atoms with E-state index in [1.54, 1.807) is 21.8 Å². The van der Waals surface area contributed by atoms with Gasteiger partial charge in [0.15, 0.2) is 0 Å². The van der Waals surface area contributed by atoms with Crippen molar-refractivity contribution in [3.8, 4) is 11.1 Å². The number of hydrogen-bond donors (Lipinski definition) is 0. The predicted octanol–water partition coefficient (Wildman–Crippen LogP) is 4.12. The number of carbonyl (C=O) groups excluding carboxylic acids is 1. The molecular formula is C25H27FN4O. The summed E-state index contributed by atoms with van der Waals surface area (Å²) in [6, 6.07) is 13.6. The molecule has 1 atom stereocenters. The number of aryl methyl sites for hydroxylation is 1. The number of halogens is 1. The molecule has 160 valence electrons. The van der Waals surface area contributed by atoms with E-state index < -0.39 is 5.41 Å². The van der Waals surface area contributed by atoms with Crippen LogP contribution >= 0.6 is 0 Å². The quantitative estimate of drug-likeness (QED) is 0.640. The molecule has 1 saturated heterocycles. The molecule has 0 aliphatic carbocycles. The number of likely N-dealkylation sites (tertiary alicyclic amines) is 1. The molecule has 2 aliphatic heterocycles. The van der Waals surface area contributed by atoms with Gasteiger partial charge in [0.25, 0.3) is 0 Å². The van der Waals surface area contributed by atoms with Gasteiger partial charge in [-0.3, -0.25) is 14.4 Å². The number of amides is 1. The fourth-order valence-corrected chi connectivity index (χ4v) is 5.02. The van der Waals surface area contributed by atoms with Gasteiger partial charge < -0.3 is 4.90 Å². The van der Waals surface area contributed by atoms with Crippen LogP contribution in [-0.4, -0.2) is 39.7 Å². The molecule has 3 aromatic rings. The second kappa shape index (κ2) is 7.31. The lowest BCUT2D eigenvalue weighted by Crippen LogP contribution is -2.43. The van der Waals surface area contributed by atoms with Crippen molar-refractivity contribution in [3.63, 3.8) is 0 Å². The number of fused-ring (bicyclic) bond motifs is 2. The Kier molecular flexibility index (Phi) is 4.70. The summed E-state index contributed by atoms with van der Waals surface area (Å²) in [6.07, 6.45) is 4.39. The number of hydrogen-bond acceptors (Lipinski definition) is 3. The Labute approximate surface area is 182 Å². The third-order valence-corrected chi connectivity index (χ3v) is 6.81. The average molecular weight is 419 g/mol. The van der Waals surface area contributed by atoms with E-state index >= 15 is 4.39 Å². The summed E-state index contributed by atoms with van der Waals surface area (Å²) in [4.78, 5) is 17.9. The Morgan fingerprint density at radius 3 is 2.65 bits per heavy atom. The van der Waals surface area contributed by atoms with E-state index in [1.165, 1.54) is 6.07 Å². The first-order valence-electron chi connectivity index (χ1n) is 10.8. The summed E-state index contributed by atoms with van der Waals surface area (Å²) in [7, 11) is 1.84. The Bertz CT molecular complexity index is 1150. The molecule has 5 nitrogen and oxygen atoms in total. The van der Waals surface area contributed by atoms with Crippen molar-refractivity contribution < 1.29 is 9.18 Å². The van der Waals surface area contributed by atoms with Gasteiger partial charge in [0.1, 0.15) is 5.82 Å². The van der Waals surface area contributed by atoms with Crippen LogP contribution in [0.5, 0.6) is 0 Å². The number of nitrogens with zero attached hydrogens (tertiary/aromatic N) is 4. The van der Waals surface area contributed by atoms with Crippen molar-refractivity contribution in [1.82, 2.24) is 14.7 Å². The summed E-state index contributed by atoms with van der Waals surface area (Å²) in [6.45, 7) is 6.19. The maximum Gasteiger partial charge on any atom is 0.239 e. The van der Waals surface area contributed by atoms with E-state index in [0.717, 1.165) is 41.9 Å². The molecule has 0 N–H and O–H groups in total. The summed E-state index contributed by atoms with van der Waals surface area (Å²) in [5.74, 6) is -0.213. The largest absolute Gasteiger partial charge is 0.307 e. The smallest absolute Gasteiger partial charge is 0.239 e. The molecule has 2 aliphatic rings. The minimum Gasteiger partial charge on any atom is -0.307 e. The molecule has 1 aromatic heterocycles. The van der Waals surface area contributed by atoms with Crippen molar-refractivity contribution in [2.75, 3.05) is 18.0 Å². The summed E-state index contributed by atoms with van der Waals surface area (Å²) in [5.41, 5.74) is 3.64. The Morgan fingerprint density at radius 1 is 1.16 bits per heavy atom. The highest BCUT2D eigenvalue weighted by atomic mass is 19.1. The van der Waals surface area contributed by atoms with E-state index in [4.69, 9.17) is 0 Å². The van der Waals surface area contributed by atoms with Gasteiger partial charge in [-0.05, 0) is 50.1 Å². The van der Waals surface area contributed by atoms with Crippen LogP contribution < -0.4 is 4.90 Å². The highest BCUT2D eigenvalue weighted by Crippen LogP contribution is 2.48. The number of para-hydroxylation sites is 1. The van der Waals surface area contributed by atoms with Crippen LogP contribution in [-0.2, 0) is 23.8 Å². The number of carbonyl (C=O) groups is 1. The average Bonchev–Trinajstić information content (AvgIpc) is 3.45. The number of rotatable bonds is 4. The van der Waals surface area contributed by atoms with Gasteiger partial charge in [0.05, 0.1) is 18.2 Å². The molecule has 31 heavy (non-hydrogen) atoms. The van der Waals surface area contributed by atoms with Gasteiger partial charge in [-0.25, -0.2) is 4.39 Å². The normalized spacial score (nSPS) is 20.9. The van der Waals surface area contributed by atoms with Crippen LogP contribution in [0.2, 0.25) is 0 Å². The van der Waals surface area contributed by atoms with Gasteiger partial charge in [0.2, 0.25) is 5.91 Å². The lowest BCUT2D eigenvalue weighted by molar-refractivity contribution is -0.123. The molecule has 0 radical (unpaired) electrons. The molecule has 0 saturated carbocycles. The van der Waals surface area contributed by atoms with Gasteiger partial charge >= 0.3 is 0 Å². The van der Waals surface area contributed by atoms with Crippen LogP contribution in [0.3, 0.4) is 0 Å². The first-order valence-corrected chi connectivity index (χ1v) is 10.8. The molecule has 1 spiro atoms. The molecule has 5 rings (SSSR count). The minimum absolute atomic E-state index is 0.0904. The third kappa shape index (κ3) is 3.17. The SMILES string of the molecule is CC(C)N1CCC2(C1)C(=O)N(Cc1ccc(-c3cnn(C)c3)cc1F)c1ccccc12. The van der Waals surface area contributed by atoms with Crippen molar-refractivity contribution in [3.05, 3.63) is 71.8 Å². The molecule has 6 heteroatoms. The Hall–Kier alpha value is -2.99. The second-order valence-electron chi connectivity index (χ2n) is 9.01. The van der Waals surface area contributed by atoms with Crippen LogP contribution in [0.1, 0.15) is 31.4 Å². The fraction of sp³-hybridized carbons (Fsp3) is 0.360. The van der Waals surface area contributed by atoms with E-state index in [1.807, 2.05) is 37.5 Å². The highest BCUT2D eigenvalue weighted by Gasteiger charge is 2.54. The lowest BCUT2D eigenvalue weighted by Gasteiger charge is -2.26. The van der Waals surface area contributed by atoms with Gasteiger partial charge in [0, 0.05) is 42.6 Å². The van der Waals surface area contributed by atoms with Crippen molar-refractivity contribution in [2.24, 2.45) is 7.05 Å². The van der Waals surface area contributed by atoms with Crippen LogP contribution in [0, 0.1) is 5.82 Å². The summed E-state index contributed by atoms with van der Waals surface area (Å²) < 4.78 is 16.8. The highest BCUT2D eigenvalue weighted by molar-refractivity contribution is 6.08. The molecule has 1 fully saturated rings. The van der Waals surface area contributed by atoms with Crippen LogP contribution in [0.15, 0.2) is 54.9 Å². The number of aromatic nitrogens is 2. The molecule has 1 unspecified atom stereocenters. The van der Waals surface area contributed by atoms with Crippen molar-refractivity contribution in [1.29, 1.82) is 0 Å². The molecule has 1 amide bonds. The number of benzene rings is 2. The predicted molar refractivity (Wildman–Crippen MR) is 119 cm³/mol. The maximum atomic E-state index is 15.1. The molecule has 3 heterocycles. The van der Waals surface area contributed by atoms with E-state index in [2.05, 4.69) is 29.9 Å². The van der Waals surface area contributed by atoms with Crippen LogP contribution in [0.25, 0.3) is 11.1 Å². The standard InChI is InChI=1S/C25H27FN4O/c1-17(2)29-11-10-25(16-29)21-6-4-5-7-23(21)30(24(25)31)15-19-9-8-18(12-22(19)26)20-13-27-28(3)14-20/h4-9,12-14,17H,10-11,15-16H2,1-3H3. The minimum atomic E-state index is -0.521. The zero-order chi connectivity index (χ0) is 21.8. The van der Waals surface area contributed by atoms with E-state index in [0.29, 0.717) is 11.6 Å². The van der Waals surface area contributed by atoms with Crippen LogP contribution in [0.4, 0.5) is 10.1 Å². The van der Waals surface area contributed by atoms with Crippen molar-refractivity contribution >= 4 is 11.6 Å². The Morgan fingerprint density at radius 2 is 1.97 bits per heavy atom. The second-order valence-corrected chi connectivity index (χ2v) is 9.01. The topological polar surface area (TPSA) is 41.4 Å². The first kappa shape index (κ1) is 19.9. The fourth-order valence-electron chi connectivity index (χ4n) is 5.02. The zero-order valence-corrected chi connectivity index (χ0v) is 18.2. The lowest BCUT2D eigenvalue weighted by atomic mass is 9.81. The summed E-state index contributed by atoms with van der Waals surface area (Å²) in [5, 5.41) is 4.16. The van der Waals surface area contributed by atoms with Crippen molar-refractivity contribution in [2.45, 2.75) is 38.3 Å². The van der Waals surface area contributed by atoms with Gasteiger partial charge in [-0.15, -0.1) is 0 Å². The maximum absolute atomic E-state index is 15.1. The third-order valence-electron chi connectivity index (χ3n) is 6.81. The van der Waals surface area contributed by atoms with E-state index in [-0.39, 0.29) is 18.3 Å². The summed E-state index contributed by atoms with van der Waals surface area (Å²) >= 11 is 0. The Balaban J connectivity index is 1.47. The van der Waals surface area contributed by atoms with E-state index in [9.17, 15) is 4.79 Å². The molecular weight excluding hydrogens is 391 g/mol. The molecule has 2 aromatic carbocycles. The molecule has 0 bridgehead atoms. The van der Waals surface area contributed by atoms with Gasteiger partial charge in [-0.1, -0.05) is 30.3 Å².